The molecule has 0 unspecified atom stereocenters. The quantitative estimate of drug-likeness (QED) is 0.419. The number of hydrazone groups is 1. The Morgan fingerprint density at radius 1 is 1.18 bits per heavy atom. The molecule has 0 aliphatic heterocycles. The molecule has 1 N–H and O–H groups in total. The maximum atomic E-state index is 5.70. The molecule has 0 saturated heterocycles. The van der Waals surface area contributed by atoms with E-state index in [1.807, 2.05) is 25.1 Å². The first kappa shape index (κ1) is 19.9. The van der Waals surface area contributed by atoms with Gasteiger partial charge in [0.1, 0.15) is 0 Å². The van der Waals surface area contributed by atoms with Gasteiger partial charge in [0.25, 0.3) is 0 Å². The number of hydrogen-bond acceptors (Lipinski definition) is 6. The maximum Gasteiger partial charge on any atom is 0.203 e. The van der Waals surface area contributed by atoms with Crippen molar-refractivity contribution in [1.82, 2.24) is 4.98 Å². The molecule has 0 atom stereocenters. The van der Waals surface area contributed by atoms with Gasteiger partial charge >= 0.3 is 0 Å². The molecule has 0 spiro atoms. The molecule has 5 nitrogen and oxygen atoms in total. The molecule has 0 radical (unpaired) electrons. The molecule has 1 heterocycles. The summed E-state index contributed by atoms with van der Waals surface area (Å²) in [6.07, 6.45) is 1.72. The van der Waals surface area contributed by atoms with Crippen molar-refractivity contribution in [1.29, 1.82) is 0 Å². The zero-order valence-corrected chi connectivity index (χ0v) is 17.7. The Morgan fingerprint density at radius 2 is 1.93 bits per heavy atom. The number of aromatic nitrogens is 1. The van der Waals surface area contributed by atoms with Crippen LogP contribution in [-0.4, -0.2) is 24.9 Å². The summed E-state index contributed by atoms with van der Waals surface area (Å²) in [5.74, 6) is 1.37. The number of nitrogens with zero attached hydrogens (tertiary/aromatic N) is 2. The minimum absolute atomic E-state index is 0.555. The maximum absolute atomic E-state index is 5.70. The Bertz CT molecular complexity index is 972. The first-order valence-corrected chi connectivity index (χ1v) is 10.0. The average molecular weight is 396 g/mol. The second kappa shape index (κ2) is 8.89. The van der Waals surface area contributed by atoms with E-state index < -0.39 is 0 Å². The van der Waals surface area contributed by atoms with Crippen molar-refractivity contribution in [2.24, 2.45) is 5.10 Å². The zero-order valence-electron chi connectivity index (χ0n) is 16.9. The van der Waals surface area contributed by atoms with Crippen LogP contribution in [0.2, 0.25) is 0 Å². The SMILES string of the molecule is CCOc1c(/C=N\Nc2nc(-c3c(C)cc(C)cc3C)cs2)cccc1OC. The Balaban J connectivity index is 1.79. The molecule has 2 aromatic carbocycles. The van der Waals surface area contributed by atoms with Gasteiger partial charge in [-0.1, -0.05) is 23.8 Å². The molecule has 0 aliphatic carbocycles. The molecule has 0 amide bonds. The summed E-state index contributed by atoms with van der Waals surface area (Å²) in [5, 5.41) is 7.13. The largest absolute Gasteiger partial charge is 0.493 e. The summed E-state index contributed by atoms with van der Waals surface area (Å²) in [6, 6.07) is 10.1. The van der Waals surface area contributed by atoms with E-state index in [-0.39, 0.29) is 0 Å². The highest BCUT2D eigenvalue weighted by Crippen LogP contribution is 2.32. The van der Waals surface area contributed by atoms with Gasteiger partial charge in [0.15, 0.2) is 11.5 Å². The molecule has 0 fully saturated rings. The van der Waals surface area contributed by atoms with Gasteiger partial charge < -0.3 is 9.47 Å². The third-order valence-corrected chi connectivity index (χ3v) is 5.07. The standard InChI is InChI=1S/C22H25N3O2S/c1-6-27-21-17(8-7-9-19(21)26-5)12-23-25-22-24-18(13-28-22)20-15(3)10-14(2)11-16(20)4/h7-13H,6H2,1-5H3,(H,24,25)/b23-12-. The number of ether oxygens (including phenoxy) is 2. The summed E-state index contributed by atoms with van der Waals surface area (Å²) in [4.78, 5) is 4.69. The smallest absolute Gasteiger partial charge is 0.203 e. The van der Waals surface area contributed by atoms with Gasteiger partial charge in [0.05, 0.1) is 25.6 Å². The Hall–Kier alpha value is -2.86. The third kappa shape index (κ3) is 4.34. The van der Waals surface area contributed by atoms with Crippen molar-refractivity contribution in [2.45, 2.75) is 27.7 Å². The predicted octanol–water partition coefficient (Wildman–Crippen LogP) is 5.59. The molecule has 1 aromatic heterocycles. The average Bonchev–Trinajstić information content (AvgIpc) is 3.10. The molecule has 0 bridgehead atoms. The molecule has 3 rings (SSSR count). The highest BCUT2D eigenvalue weighted by Gasteiger charge is 2.11. The first-order chi connectivity index (χ1) is 13.5. The minimum Gasteiger partial charge on any atom is -0.493 e. The molecule has 28 heavy (non-hydrogen) atoms. The van der Waals surface area contributed by atoms with Gasteiger partial charge in [0.2, 0.25) is 5.13 Å². The minimum atomic E-state index is 0.555. The number of benzene rings is 2. The van der Waals surface area contributed by atoms with Crippen LogP contribution < -0.4 is 14.9 Å². The van der Waals surface area contributed by atoms with Crippen LogP contribution in [0.15, 0.2) is 40.8 Å². The van der Waals surface area contributed by atoms with Crippen molar-refractivity contribution in [3.8, 4) is 22.8 Å². The molecular formula is C22H25N3O2S. The highest BCUT2D eigenvalue weighted by atomic mass is 32.1. The fraction of sp³-hybridized carbons (Fsp3) is 0.273. The Labute approximate surface area is 170 Å². The fourth-order valence-corrected chi connectivity index (χ4v) is 3.93. The fourth-order valence-electron chi connectivity index (χ4n) is 3.28. The van der Waals surface area contributed by atoms with Crippen LogP contribution in [0.4, 0.5) is 5.13 Å². The van der Waals surface area contributed by atoms with E-state index in [1.165, 1.54) is 33.6 Å². The van der Waals surface area contributed by atoms with Gasteiger partial charge in [-0.25, -0.2) is 4.98 Å². The van der Waals surface area contributed by atoms with Gasteiger partial charge in [0, 0.05) is 16.5 Å². The monoisotopic (exact) mass is 395 g/mol. The van der Waals surface area contributed by atoms with Crippen LogP contribution in [0.1, 0.15) is 29.2 Å². The van der Waals surface area contributed by atoms with E-state index in [4.69, 9.17) is 14.5 Å². The van der Waals surface area contributed by atoms with Gasteiger partial charge in [-0.05, 0) is 51.0 Å². The number of methoxy groups -OCH3 is 1. The number of nitrogens with one attached hydrogen (secondary N) is 1. The lowest BCUT2D eigenvalue weighted by atomic mass is 9.98. The van der Waals surface area contributed by atoms with Crippen LogP contribution in [0.25, 0.3) is 11.3 Å². The molecule has 0 saturated carbocycles. The third-order valence-electron chi connectivity index (χ3n) is 4.32. The molecule has 3 aromatic rings. The number of rotatable bonds is 7. The lowest BCUT2D eigenvalue weighted by Gasteiger charge is -2.11. The zero-order chi connectivity index (χ0) is 20.1. The van der Waals surface area contributed by atoms with Crippen LogP contribution in [-0.2, 0) is 0 Å². The van der Waals surface area contributed by atoms with E-state index in [2.05, 4.69) is 48.8 Å². The number of para-hydroxylation sites is 1. The second-order valence-electron chi connectivity index (χ2n) is 6.49. The van der Waals surface area contributed by atoms with Crippen molar-refractivity contribution >= 4 is 22.7 Å². The van der Waals surface area contributed by atoms with E-state index >= 15 is 0 Å². The summed E-state index contributed by atoms with van der Waals surface area (Å²) >= 11 is 1.53. The number of thiazole rings is 1. The number of aryl methyl sites for hydroxylation is 3. The van der Waals surface area contributed by atoms with E-state index in [9.17, 15) is 0 Å². The number of anilines is 1. The molecular weight excluding hydrogens is 370 g/mol. The van der Waals surface area contributed by atoms with Gasteiger partial charge in [-0.15, -0.1) is 11.3 Å². The normalized spacial score (nSPS) is 11.0. The van der Waals surface area contributed by atoms with Crippen molar-refractivity contribution in [2.75, 3.05) is 19.1 Å². The van der Waals surface area contributed by atoms with Crippen molar-refractivity contribution < 1.29 is 9.47 Å². The van der Waals surface area contributed by atoms with Gasteiger partial charge in [-0.3, -0.25) is 5.43 Å². The van der Waals surface area contributed by atoms with Crippen molar-refractivity contribution in [3.63, 3.8) is 0 Å². The Morgan fingerprint density at radius 3 is 2.61 bits per heavy atom. The van der Waals surface area contributed by atoms with Crippen LogP contribution in [0, 0.1) is 20.8 Å². The summed E-state index contributed by atoms with van der Waals surface area (Å²) in [7, 11) is 1.63. The van der Waals surface area contributed by atoms with E-state index in [1.54, 1.807) is 13.3 Å². The second-order valence-corrected chi connectivity index (χ2v) is 7.35. The lowest BCUT2D eigenvalue weighted by Crippen LogP contribution is -2.00. The van der Waals surface area contributed by atoms with Crippen molar-refractivity contribution in [3.05, 3.63) is 58.0 Å². The van der Waals surface area contributed by atoms with Crippen LogP contribution >= 0.6 is 11.3 Å². The highest BCUT2D eigenvalue weighted by molar-refractivity contribution is 7.14. The Kier molecular flexibility index (Phi) is 6.31. The summed E-state index contributed by atoms with van der Waals surface area (Å²) in [5.41, 5.74) is 9.74. The van der Waals surface area contributed by atoms with E-state index in [0.717, 1.165) is 16.4 Å². The van der Waals surface area contributed by atoms with E-state index in [0.29, 0.717) is 18.1 Å². The predicted molar refractivity (Wildman–Crippen MR) is 117 cm³/mol. The summed E-state index contributed by atoms with van der Waals surface area (Å²) < 4.78 is 11.1. The number of hydrogen-bond donors (Lipinski definition) is 1. The lowest BCUT2D eigenvalue weighted by molar-refractivity contribution is 0.310. The summed E-state index contributed by atoms with van der Waals surface area (Å²) in [6.45, 7) is 8.86. The molecule has 0 aliphatic rings. The first-order valence-electron chi connectivity index (χ1n) is 9.16. The topological polar surface area (TPSA) is 55.7 Å². The van der Waals surface area contributed by atoms with Crippen LogP contribution in [0.3, 0.4) is 0 Å². The molecule has 146 valence electrons. The molecule has 6 heteroatoms. The van der Waals surface area contributed by atoms with Crippen LogP contribution in [0.5, 0.6) is 11.5 Å². The van der Waals surface area contributed by atoms with Gasteiger partial charge in [-0.2, -0.15) is 5.10 Å².